The van der Waals surface area contributed by atoms with Gasteiger partial charge in [0.2, 0.25) is 0 Å². The highest BCUT2D eigenvalue weighted by atomic mass is 79.9. The van der Waals surface area contributed by atoms with E-state index in [2.05, 4.69) is 52.4 Å². The summed E-state index contributed by atoms with van der Waals surface area (Å²) in [4.78, 5) is 8.87. The minimum absolute atomic E-state index is 0.0762. The summed E-state index contributed by atoms with van der Waals surface area (Å²) in [6.45, 7) is 1.85. The molecule has 0 aliphatic rings. The zero-order valence-electron chi connectivity index (χ0n) is 14.6. The Bertz CT molecular complexity index is 1010. The molecule has 0 amide bonds. The van der Waals surface area contributed by atoms with Crippen LogP contribution in [0.5, 0.6) is 11.5 Å². The number of halogens is 2. The monoisotopic (exact) mass is 490 g/mol. The van der Waals surface area contributed by atoms with Crippen LogP contribution in [0.25, 0.3) is 11.4 Å². The number of methoxy groups -OCH3 is 1. The number of aryl methyl sites for hydroxylation is 1. The Labute approximate surface area is 173 Å². The first kappa shape index (κ1) is 19.3. The van der Waals surface area contributed by atoms with Crippen molar-refractivity contribution in [1.82, 2.24) is 9.97 Å². The second-order valence-electron chi connectivity index (χ2n) is 5.61. The predicted molar refractivity (Wildman–Crippen MR) is 113 cm³/mol. The van der Waals surface area contributed by atoms with Crippen LogP contribution in [0, 0.1) is 6.92 Å². The van der Waals surface area contributed by atoms with E-state index in [1.807, 2.05) is 31.2 Å². The molecule has 2 aromatic carbocycles. The van der Waals surface area contributed by atoms with Crippen molar-refractivity contribution in [3.8, 4) is 22.9 Å². The highest BCUT2D eigenvalue weighted by molar-refractivity contribution is 9.11. The van der Waals surface area contributed by atoms with Crippen molar-refractivity contribution in [1.29, 1.82) is 0 Å². The number of phenolic OH excluding ortho intramolecular Hbond substituents is 1. The molecule has 0 bridgehead atoms. The number of rotatable bonds is 5. The summed E-state index contributed by atoms with van der Waals surface area (Å²) < 4.78 is 6.66. The van der Waals surface area contributed by atoms with Crippen molar-refractivity contribution in [2.75, 3.05) is 12.5 Å². The van der Waals surface area contributed by atoms with E-state index >= 15 is 0 Å². The molecule has 0 spiro atoms. The van der Waals surface area contributed by atoms with Gasteiger partial charge in [0.15, 0.2) is 11.6 Å². The zero-order valence-corrected chi connectivity index (χ0v) is 17.7. The van der Waals surface area contributed by atoms with E-state index in [9.17, 15) is 5.11 Å². The lowest BCUT2D eigenvalue weighted by atomic mass is 10.2. The van der Waals surface area contributed by atoms with Crippen molar-refractivity contribution in [3.63, 3.8) is 0 Å². The summed E-state index contributed by atoms with van der Waals surface area (Å²) >= 11 is 6.74. The first-order valence-corrected chi connectivity index (χ1v) is 9.52. The lowest BCUT2D eigenvalue weighted by Gasteiger charge is -2.09. The quantitative estimate of drug-likeness (QED) is 0.381. The van der Waals surface area contributed by atoms with E-state index in [-0.39, 0.29) is 5.75 Å². The molecule has 6 nitrogen and oxygen atoms in total. The van der Waals surface area contributed by atoms with E-state index < -0.39 is 0 Å². The summed E-state index contributed by atoms with van der Waals surface area (Å²) in [5, 5.41) is 14.6. The molecule has 1 heterocycles. The van der Waals surface area contributed by atoms with Crippen LogP contribution in [0.15, 0.2) is 56.5 Å². The molecule has 27 heavy (non-hydrogen) atoms. The normalized spacial score (nSPS) is 11.0. The number of aromatic hydroxyl groups is 1. The van der Waals surface area contributed by atoms with Gasteiger partial charge < -0.3 is 9.84 Å². The summed E-state index contributed by atoms with van der Waals surface area (Å²) in [6, 6.07) is 12.9. The molecule has 8 heteroatoms. The SMILES string of the molecule is COc1ccccc1/C=N\Nc1cc(C)nc(-c2cc(Br)cc(Br)c2O)n1. The highest BCUT2D eigenvalue weighted by Gasteiger charge is 2.13. The molecular weight excluding hydrogens is 476 g/mol. The molecule has 0 aliphatic carbocycles. The average Bonchev–Trinajstić information content (AvgIpc) is 2.64. The van der Waals surface area contributed by atoms with E-state index in [0.29, 0.717) is 21.7 Å². The van der Waals surface area contributed by atoms with Crippen molar-refractivity contribution in [3.05, 3.63) is 62.7 Å². The zero-order chi connectivity index (χ0) is 19.4. The van der Waals surface area contributed by atoms with Crippen LogP contribution < -0.4 is 10.2 Å². The number of hydrogen-bond donors (Lipinski definition) is 2. The number of para-hydroxylation sites is 1. The molecule has 3 aromatic rings. The van der Waals surface area contributed by atoms with Gasteiger partial charge in [-0.3, -0.25) is 5.43 Å². The maximum absolute atomic E-state index is 10.3. The van der Waals surface area contributed by atoms with Gasteiger partial charge in [-0.2, -0.15) is 5.10 Å². The third-order valence-corrected chi connectivity index (χ3v) is 4.71. The topological polar surface area (TPSA) is 79.6 Å². The van der Waals surface area contributed by atoms with Gasteiger partial charge in [-0.25, -0.2) is 9.97 Å². The fourth-order valence-electron chi connectivity index (χ4n) is 2.42. The van der Waals surface area contributed by atoms with Gasteiger partial charge in [-0.1, -0.05) is 28.1 Å². The predicted octanol–water partition coefficient (Wildman–Crippen LogP) is 5.14. The third-order valence-electron chi connectivity index (χ3n) is 3.64. The summed E-state index contributed by atoms with van der Waals surface area (Å²) in [7, 11) is 1.61. The molecule has 0 saturated carbocycles. The Hall–Kier alpha value is -2.45. The van der Waals surface area contributed by atoms with Gasteiger partial charge in [-0.05, 0) is 47.1 Å². The first-order chi connectivity index (χ1) is 13.0. The second kappa shape index (κ2) is 8.49. The highest BCUT2D eigenvalue weighted by Crippen LogP contribution is 2.37. The molecule has 0 saturated heterocycles. The fourth-order valence-corrected chi connectivity index (χ4v) is 3.65. The number of ether oxygens (including phenoxy) is 1. The Morgan fingerprint density at radius 1 is 1.15 bits per heavy atom. The van der Waals surface area contributed by atoms with Crippen molar-refractivity contribution in [2.45, 2.75) is 6.92 Å². The van der Waals surface area contributed by atoms with Crippen LogP contribution in [0.3, 0.4) is 0 Å². The molecule has 0 radical (unpaired) electrons. The Balaban J connectivity index is 1.89. The molecular formula is C19H16Br2N4O2. The smallest absolute Gasteiger partial charge is 0.165 e. The largest absolute Gasteiger partial charge is 0.506 e. The van der Waals surface area contributed by atoms with Gasteiger partial charge in [0, 0.05) is 21.8 Å². The molecule has 138 valence electrons. The van der Waals surface area contributed by atoms with Crippen molar-refractivity contribution >= 4 is 43.9 Å². The van der Waals surface area contributed by atoms with Gasteiger partial charge in [-0.15, -0.1) is 0 Å². The molecule has 0 aliphatic heterocycles. The van der Waals surface area contributed by atoms with Crippen molar-refractivity contribution < 1.29 is 9.84 Å². The molecule has 0 atom stereocenters. The summed E-state index contributed by atoms with van der Waals surface area (Å²) in [5.74, 6) is 1.71. The van der Waals surface area contributed by atoms with Crippen LogP contribution in [-0.4, -0.2) is 28.4 Å². The van der Waals surface area contributed by atoms with Crippen LogP contribution in [0.1, 0.15) is 11.3 Å². The number of benzene rings is 2. The number of hydrogen-bond acceptors (Lipinski definition) is 6. The molecule has 1 aromatic heterocycles. The molecule has 3 rings (SSSR count). The number of nitrogens with one attached hydrogen (secondary N) is 1. The fraction of sp³-hybridized carbons (Fsp3) is 0.105. The lowest BCUT2D eigenvalue weighted by molar-refractivity contribution is 0.414. The number of hydrazone groups is 1. The van der Waals surface area contributed by atoms with Gasteiger partial charge in [0.25, 0.3) is 0 Å². The standard InChI is InChI=1S/C19H16Br2N4O2/c1-11-7-17(25-22-10-12-5-3-4-6-16(12)27-2)24-19(23-11)14-8-13(20)9-15(21)18(14)26/h3-10,26H,1-2H3,(H,23,24,25)/b22-10-. The average molecular weight is 492 g/mol. The summed E-state index contributed by atoms with van der Waals surface area (Å²) in [6.07, 6.45) is 1.66. The van der Waals surface area contributed by atoms with E-state index in [0.717, 1.165) is 21.5 Å². The van der Waals surface area contributed by atoms with Crippen LogP contribution in [-0.2, 0) is 0 Å². The Kier molecular flexibility index (Phi) is 6.08. The number of anilines is 1. The van der Waals surface area contributed by atoms with E-state index in [4.69, 9.17) is 4.74 Å². The molecule has 2 N–H and O–H groups in total. The minimum atomic E-state index is 0.0762. The summed E-state index contributed by atoms with van der Waals surface area (Å²) in [5.41, 5.74) is 4.99. The molecule has 0 fully saturated rings. The van der Waals surface area contributed by atoms with E-state index in [1.54, 1.807) is 31.5 Å². The van der Waals surface area contributed by atoms with Crippen LogP contribution >= 0.6 is 31.9 Å². The van der Waals surface area contributed by atoms with Gasteiger partial charge >= 0.3 is 0 Å². The minimum Gasteiger partial charge on any atom is -0.506 e. The number of aromatic nitrogens is 2. The third kappa shape index (κ3) is 4.64. The number of nitrogens with zero attached hydrogens (tertiary/aromatic N) is 3. The van der Waals surface area contributed by atoms with Crippen LogP contribution in [0.4, 0.5) is 5.82 Å². The Morgan fingerprint density at radius 2 is 1.93 bits per heavy atom. The molecule has 0 unspecified atom stereocenters. The Morgan fingerprint density at radius 3 is 2.70 bits per heavy atom. The van der Waals surface area contributed by atoms with Crippen LogP contribution in [0.2, 0.25) is 0 Å². The van der Waals surface area contributed by atoms with E-state index in [1.165, 1.54) is 0 Å². The first-order valence-electron chi connectivity index (χ1n) is 7.94. The second-order valence-corrected chi connectivity index (χ2v) is 7.38. The lowest BCUT2D eigenvalue weighted by Crippen LogP contribution is -2.00. The van der Waals surface area contributed by atoms with Gasteiger partial charge in [0.05, 0.1) is 23.4 Å². The maximum Gasteiger partial charge on any atom is 0.165 e. The van der Waals surface area contributed by atoms with Crippen molar-refractivity contribution in [2.24, 2.45) is 5.10 Å². The maximum atomic E-state index is 10.3. The van der Waals surface area contributed by atoms with Gasteiger partial charge in [0.1, 0.15) is 11.5 Å². The number of phenols is 1.